The monoisotopic (exact) mass is 227 g/mol. The lowest BCUT2D eigenvalue weighted by Gasteiger charge is -2.43. The maximum Gasteiger partial charge on any atom is 0.191 e. The van der Waals surface area contributed by atoms with Gasteiger partial charge >= 0.3 is 0 Å². The second-order valence-electron chi connectivity index (χ2n) is 6.10. The predicted molar refractivity (Wildman–Crippen MR) is 63.9 cm³/mol. The van der Waals surface area contributed by atoms with Crippen LogP contribution in [0.15, 0.2) is 11.8 Å². The summed E-state index contributed by atoms with van der Waals surface area (Å²) in [6.07, 6.45) is 2.74. The molecular formula is C13H22FNO. The SMILES string of the molecule is CC1(C)CCN(C(C)(C)C)C=C1C(=O)CF. The average molecular weight is 227 g/mol. The van der Waals surface area contributed by atoms with E-state index in [0.717, 1.165) is 13.0 Å². The second kappa shape index (κ2) is 4.19. The Kier molecular flexibility index (Phi) is 3.46. The van der Waals surface area contributed by atoms with Crippen LogP contribution in [0.3, 0.4) is 0 Å². The minimum Gasteiger partial charge on any atom is -0.372 e. The van der Waals surface area contributed by atoms with Crippen LogP contribution in [0.2, 0.25) is 0 Å². The predicted octanol–water partition coefficient (Wildman–Crippen LogP) is 2.94. The molecule has 0 aromatic carbocycles. The Morgan fingerprint density at radius 3 is 2.50 bits per heavy atom. The van der Waals surface area contributed by atoms with E-state index in [2.05, 4.69) is 25.7 Å². The number of hydrogen-bond donors (Lipinski definition) is 0. The fraction of sp³-hybridized carbons (Fsp3) is 0.769. The fourth-order valence-electron chi connectivity index (χ4n) is 1.98. The topological polar surface area (TPSA) is 20.3 Å². The van der Waals surface area contributed by atoms with Crippen LogP contribution in [0.5, 0.6) is 0 Å². The van der Waals surface area contributed by atoms with Gasteiger partial charge in [0.25, 0.3) is 0 Å². The Balaban J connectivity index is 3.05. The van der Waals surface area contributed by atoms with Crippen molar-refractivity contribution in [2.24, 2.45) is 5.41 Å². The van der Waals surface area contributed by atoms with E-state index in [-0.39, 0.29) is 16.7 Å². The van der Waals surface area contributed by atoms with Crippen molar-refractivity contribution in [2.75, 3.05) is 13.2 Å². The largest absolute Gasteiger partial charge is 0.372 e. The van der Waals surface area contributed by atoms with Crippen molar-refractivity contribution in [2.45, 2.75) is 46.6 Å². The Hall–Kier alpha value is -0.860. The van der Waals surface area contributed by atoms with Crippen LogP contribution in [-0.2, 0) is 4.79 Å². The number of alkyl halides is 1. The number of hydrogen-bond acceptors (Lipinski definition) is 2. The van der Waals surface area contributed by atoms with Gasteiger partial charge in [0.1, 0.15) is 0 Å². The van der Waals surface area contributed by atoms with Crippen molar-refractivity contribution in [3.8, 4) is 0 Å². The molecular weight excluding hydrogens is 205 g/mol. The molecule has 0 amide bonds. The molecule has 1 rings (SSSR count). The van der Waals surface area contributed by atoms with Gasteiger partial charge in [0.05, 0.1) is 0 Å². The van der Waals surface area contributed by atoms with Crippen molar-refractivity contribution in [3.05, 3.63) is 11.8 Å². The lowest BCUT2D eigenvalue weighted by atomic mass is 9.77. The molecule has 16 heavy (non-hydrogen) atoms. The van der Waals surface area contributed by atoms with E-state index in [0.29, 0.717) is 5.57 Å². The second-order valence-corrected chi connectivity index (χ2v) is 6.10. The van der Waals surface area contributed by atoms with Gasteiger partial charge in [-0.05, 0) is 32.6 Å². The lowest BCUT2D eigenvalue weighted by molar-refractivity contribution is -0.117. The summed E-state index contributed by atoms with van der Waals surface area (Å²) in [5.74, 6) is -0.376. The minimum atomic E-state index is -0.896. The van der Waals surface area contributed by atoms with Crippen LogP contribution in [0.1, 0.15) is 41.0 Å². The molecule has 1 aliphatic rings. The quantitative estimate of drug-likeness (QED) is 0.723. The molecule has 0 aromatic heterocycles. The fourth-order valence-corrected chi connectivity index (χ4v) is 1.98. The number of carbonyl (C=O) groups excluding carboxylic acids is 1. The maximum atomic E-state index is 12.5. The van der Waals surface area contributed by atoms with Crippen molar-refractivity contribution >= 4 is 5.78 Å². The number of Topliss-reactive ketones (excluding diaryl/α,β-unsaturated/α-hetero) is 1. The van der Waals surface area contributed by atoms with Gasteiger partial charge in [-0.15, -0.1) is 0 Å². The van der Waals surface area contributed by atoms with Crippen LogP contribution >= 0.6 is 0 Å². The third kappa shape index (κ3) is 2.63. The van der Waals surface area contributed by atoms with E-state index in [1.807, 2.05) is 20.0 Å². The van der Waals surface area contributed by atoms with Crippen LogP contribution in [0, 0.1) is 5.41 Å². The third-order valence-electron chi connectivity index (χ3n) is 3.28. The van der Waals surface area contributed by atoms with Gasteiger partial charge in [0.15, 0.2) is 12.5 Å². The molecule has 92 valence electrons. The highest BCUT2D eigenvalue weighted by Crippen LogP contribution is 2.37. The number of carbonyl (C=O) groups is 1. The Bertz CT molecular complexity index is 312. The molecule has 0 aliphatic carbocycles. The smallest absolute Gasteiger partial charge is 0.191 e. The van der Waals surface area contributed by atoms with E-state index < -0.39 is 6.67 Å². The molecule has 0 saturated heterocycles. The molecule has 1 heterocycles. The number of nitrogens with zero attached hydrogens (tertiary/aromatic N) is 1. The van der Waals surface area contributed by atoms with Crippen LogP contribution in [-0.4, -0.2) is 29.4 Å². The Morgan fingerprint density at radius 2 is 2.06 bits per heavy atom. The summed E-state index contributed by atoms with van der Waals surface area (Å²) < 4.78 is 12.5. The van der Waals surface area contributed by atoms with E-state index >= 15 is 0 Å². The molecule has 0 radical (unpaired) electrons. The third-order valence-corrected chi connectivity index (χ3v) is 3.28. The summed E-state index contributed by atoms with van der Waals surface area (Å²) in [5.41, 5.74) is 0.402. The van der Waals surface area contributed by atoms with E-state index in [9.17, 15) is 9.18 Å². The molecule has 0 spiro atoms. The van der Waals surface area contributed by atoms with Gasteiger partial charge in [0, 0.05) is 23.9 Å². The van der Waals surface area contributed by atoms with Crippen LogP contribution in [0.25, 0.3) is 0 Å². The number of allylic oxidation sites excluding steroid dienone is 1. The van der Waals surface area contributed by atoms with Crippen LogP contribution < -0.4 is 0 Å². The highest BCUT2D eigenvalue weighted by molar-refractivity contribution is 5.97. The molecule has 0 bridgehead atoms. The van der Waals surface area contributed by atoms with Crippen molar-refractivity contribution < 1.29 is 9.18 Å². The van der Waals surface area contributed by atoms with Crippen molar-refractivity contribution in [3.63, 3.8) is 0 Å². The van der Waals surface area contributed by atoms with Crippen LogP contribution in [0.4, 0.5) is 4.39 Å². The number of ketones is 1. The standard InChI is InChI=1S/C13H22FNO/c1-12(2,3)15-7-6-13(4,5)10(9-15)11(16)8-14/h9H,6-8H2,1-5H3. The number of halogens is 1. The first kappa shape index (κ1) is 13.2. The van der Waals surface area contributed by atoms with Gasteiger partial charge < -0.3 is 4.90 Å². The zero-order valence-electron chi connectivity index (χ0n) is 10.9. The summed E-state index contributed by atoms with van der Waals surface area (Å²) >= 11 is 0. The average Bonchev–Trinajstić information content (AvgIpc) is 2.14. The first-order valence-electron chi connectivity index (χ1n) is 5.77. The molecule has 0 N–H and O–H groups in total. The van der Waals surface area contributed by atoms with E-state index in [1.54, 1.807) is 0 Å². The summed E-state index contributed by atoms with van der Waals surface area (Å²) in [7, 11) is 0. The van der Waals surface area contributed by atoms with Crippen molar-refractivity contribution in [1.29, 1.82) is 0 Å². The van der Waals surface area contributed by atoms with Gasteiger partial charge in [-0.25, -0.2) is 4.39 Å². The summed E-state index contributed by atoms with van der Waals surface area (Å²) in [6, 6.07) is 0. The zero-order valence-corrected chi connectivity index (χ0v) is 10.9. The molecule has 1 aliphatic heterocycles. The summed E-state index contributed by atoms with van der Waals surface area (Å²) in [5, 5.41) is 0. The molecule has 2 nitrogen and oxygen atoms in total. The first-order valence-corrected chi connectivity index (χ1v) is 5.77. The van der Waals surface area contributed by atoms with Gasteiger partial charge in [-0.3, -0.25) is 4.79 Å². The van der Waals surface area contributed by atoms with Gasteiger partial charge in [-0.2, -0.15) is 0 Å². The lowest BCUT2D eigenvalue weighted by Crippen LogP contribution is -2.44. The first-order chi connectivity index (χ1) is 7.18. The van der Waals surface area contributed by atoms with Crippen molar-refractivity contribution in [1.82, 2.24) is 4.90 Å². The molecule has 0 unspecified atom stereocenters. The molecule has 0 saturated carbocycles. The minimum absolute atomic E-state index is 0.0155. The molecule has 3 heteroatoms. The highest BCUT2D eigenvalue weighted by Gasteiger charge is 2.35. The molecule has 0 aromatic rings. The highest BCUT2D eigenvalue weighted by atomic mass is 19.1. The summed E-state index contributed by atoms with van der Waals surface area (Å²) in [6.45, 7) is 10.3. The van der Waals surface area contributed by atoms with E-state index in [1.165, 1.54) is 0 Å². The Labute approximate surface area is 97.5 Å². The van der Waals surface area contributed by atoms with E-state index in [4.69, 9.17) is 0 Å². The number of rotatable bonds is 2. The summed E-state index contributed by atoms with van der Waals surface area (Å²) in [4.78, 5) is 13.7. The van der Waals surface area contributed by atoms with Gasteiger partial charge in [0.2, 0.25) is 0 Å². The normalized spacial score (nSPS) is 20.6. The Morgan fingerprint density at radius 1 is 1.50 bits per heavy atom. The zero-order chi connectivity index (χ0) is 12.6. The van der Waals surface area contributed by atoms with Gasteiger partial charge in [-0.1, -0.05) is 13.8 Å². The molecule has 0 atom stereocenters. The molecule has 0 fully saturated rings. The maximum absolute atomic E-state index is 12.5.